The van der Waals surface area contributed by atoms with Gasteiger partial charge in [0.05, 0.1) is 31.6 Å². The van der Waals surface area contributed by atoms with Gasteiger partial charge in [0.15, 0.2) is 0 Å². The largest absolute Gasteiger partial charge is 0.496 e. The Morgan fingerprint density at radius 1 is 1.15 bits per heavy atom. The number of carbonyl (C=O) groups excluding carboxylic acids is 3. The summed E-state index contributed by atoms with van der Waals surface area (Å²) < 4.78 is 5.40. The number of nitrogens with one attached hydrogen (secondary N) is 2. The molecule has 0 bridgehead atoms. The second-order valence-electron chi connectivity index (χ2n) is 9.26. The zero-order valence-electron chi connectivity index (χ0n) is 19.0. The Morgan fingerprint density at radius 3 is 2.58 bits per heavy atom. The minimum absolute atomic E-state index is 0.0403. The second kappa shape index (κ2) is 7.40. The lowest BCUT2D eigenvalue weighted by Gasteiger charge is -2.30. The highest BCUT2D eigenvalue weighted by Gasteiger charge is 2.71. The predicted octanol–water partition coefficient (Wildman–Crippen LogP) is 1.61. The molecule has 3 aliphatic heterocycles. The third-order valence-corrected chi connectivity index (χ3v) is 7.23. The highest BCUT2D eigenvalue weighted by Crippen LogP contribution is 2.54. The monoisotopic (exact) mass is 449 g/mol. The summed E-state index contributed by atoms with van der Waals surface area (Å²) in [6, 6.07) is 10.3. The molecule has 2 saturated heterocycles. The molecule has 0 saturated carbocycles. The molecule has 172 valence electrons. The number of methoxy groups -OCH3 is 1. The van der Waals surface area contributed by atoms with Crippen LogP contribution in [0.15, 0.2) is 36.4 Å². The fourth-order valence-electron chi connectivity index (χ4n) is 5.82. The number of nitrogens with zero attached hydrogens (tertiary/aromatic N) is 1. The molecule has 33 heavy (non-hydrogen) atoms. The summed E-state index contributed by atoms with van der Waals surface area (Å²) in [4.78, 5) is 42.1. The van der Waals surface area contributed by atoms with E-state index in [1.54, 1.807) is 19.1 Å². The highest BCUT2D eigenvalue weighted by atomic mass is 16.5. The van der Waals surface area contributed by atoms with Gasteiger partial charge in [0.2, 0.25) is 17.7 Å². The molecule has 3 N–H and O–H groups in total. The van der Waals surface area contributed by atoms with Crippen molar-refractivity contribution in [3.63, 3.8) is 0 Å². The first kappa shape index (κ1) is 21.6. The molecular formula is C25H27N3O5. The summed E-state index contributed by atoms with van der Waals surface area (Å²) in [5, 5.41) is 16.7. The second-order valence-corrected chi connectivity index (χ2v) is 9.26. The van der Waals surface area contributed by atoms with Crippen LogP contribution in [0.2, 0.25) is 0 Å². The zero-order valence-corrected chi connectivity index (χ0v) is 19.0. The van der Waals surface area contributed by atoms with E-state index in [0.29, 0.717) is 22.6 Å². The molecular weight excluding hydrogens is 422 g/mol. The summed E-state index contributed by atoms with van der Waals surface area (Å²) in [5.41, 5.74) is 2.43. The van der Waals surface area contributed by atoms with Gasteiger partial charge in [-0.15, -0.1) is 0 Å². The Bertz CT molecular complexity index is 1190. The first-order valence-electron chi connectivity index (χ1n) is 11.1. The molecule has 3 amide bonds. The lowest BCUT2D eigenvalue weighted by Crippen LogP contribution is -2.54. The maximum absolute atomic E-state index is 13.8. The molecule has 8 heteroatoms. The third kappa shape index (κ3) is 2.87. The number of anilines is 1. The first-order chi connectivity index (χ1) is 15.7. The quantitative estimate of drug-likeness (QED) is 0.612. The Labute approximate surface area is 191 Å². The molecule has 1 spiro atoms. The smallest absolute Gasteiger partial charge is 0.250 e. The summed E-state index contributed by atoms with van der Waals surface area (Å²) in [5.74, 6) is -2.42. The lowest BCUT2D eigenvalue weighted by molar-refractivity contribution is -0.143. The lowest BCUT2D eigenvalue weighted by atomic mass is 9.75. The van der Waals surface area contributed by atoms with Crippen LogP contribution in [-0.2, 0) is 26.5 Å². The van der Waals surface area contributed by atoms with E-state index in [0.717, 1.165) is 11.1 Å². The van der Waals surface area contributed by atoms with Crippen LogP contribution in [0.25, 0.3) is 0 Å². The van der Waals surface area contributed by atoms with Gasteiger partial charge in [-0.3, -0.25) is 24.6 Å². The van der Waals surface area contributed by atoms with Crippen molar-refractivity contribution in [2.45, 2.75) is 45.0 Å². The van der Waals surface area contributed by atoms with Gasteiger partial charge in [-0.25, -0.2) is 0 Å². The summed E-state index contributed by atoms with van der Waals surface area (Å²) in [7, 11) is 1.54. The number of para-hydroxylation sites is 1. The van der Waals surface area contributed by atoms with Gasteiger partial charge in [-0.2, -0.15) is 0 Å². The summed E-state index contributed by atoms with van der Waals surface area (Å²) >= 11 is 0. The van der Waals surface area contributed by atoms with E-state index in [9.17, 15) is 19.5 Å². The van der Waals surface area contributed by atoms with Gasteiger partial charge in [-0.05, 0) is 32.4 Å². The molecule has 2 aromatic rings. The van der Waals surface area contributed by atoms with Crippen LogP contribution < -0.4 is 15.4 Å². The minimum Gasteiger partial charge on any atom is -0.496 e. The molecule has 0 aliphatic carbocycles. The zero-order chi connectivity index (χ0) is 23.7. The predicted molar refractivity (Wildman–Crippen MR) is 120 cm³/mol. The number of fused-ring (bicyclic) bond motifs is 4. The number of hydrogen-bond acceptors (Lipinski definition) is 6. The Kier molecular flexibility index (Phi) is 4.84. The number of amides is 3. The van der Waals surface area contributed by atoms with Gasteiger partial charge in [-0.1, -0.05) is 35.9 Å². The number of rotatable bonds is 4. The van der Waals surface area contributed by atoms with Crippen molar-refractivity contribution in [3.05, 3.63) is 58.7 Å². The number of carbonyl (C=O) groups is 3. The fourth-order valence-corrected chi connectivity index (χ4v) is 5.82. The van der Waals surface area contributed by atoms with Crippen LogP contribution in [0.4, 0.5) is 5.69 Å². The number of aliphatic hydroxyl groups excluding tert-OH is 1. The number of hydrogen-bond donors (Lipinski definition) is 3. The van der Waals surface area contributed by atoms with Crippen molar-refractivity contribution in [2.24, 2.45) is 11.8 Å². The van der Waals surface area contributed by atoms with Crippen LogP contribution in [0.5, 0.6) is 5.75 Å². The molecule has 8 nitrogen and oxygen atoms in total. The van der Waals surface area contributed by atoms with Gasteiger partial charge in [0.25, 0.3) is 0 Å². The highest BCUT2D eigenvalue weighted by molar-refractivity contribution is 6.15. The van der Waals surface area contributed by atoms with Crippen molar-refractivity contribution in [3.8, 4) is 5.75 Å². The van der Waals surface area contributed by atoms with Gasteiger partial charge in [0, 0.05) is 22.9 Å². The first-order valence-corrected chi connectivity index (χ1v) is 11.1. The SMILES string of the molecule is COc1ccccc1CN1C(=O)[C@@H]2[C@@H]([C@@H](C)O)N[C@]3(C(=O)Nc4c(C)cc(C)cc43)[C@H]2C1=O. The average molecular weight is 450 g/mol. The number of benzene rings is 2. The minimum atomic E-state index is -1.42. The van der Waals surface area contributed by atoms with Gasteiger partial charge in [0.1, 0.15) is 11.3 Å². The normalized spacial score (nSPS) is 28.8. The maximum atomic E-state index is 13.8. The maximum Gasteiger partial charge on any atom is 0.250 e. The number of aliphatic hydroxyl groups is 1. The number of imide groups is 1. The number of aryl methyl sites for hydroxylation is 2. The molecule has 5 rings (SSSR count). The Morgan fingerprint density at radius 2 is 1.88 bits per heavy atom. The molecule has 3 aliphatic rings. The topological polar surface area (TPSA) is 108 Å². The molecule has 2 aromatic carbocycles. The van der Waals surface area contributed by atoms with Crippen molar-refractivity contribution in [2.75, 3.05) is 12.4 Å². The van der Waals surface area contributed by atoms with Crippen LogP contribution in [0.1, 0.15) is 29.2 Å². The Hall–Kier alpha value is -3.23. The average Bonchev–Trinajstić information content (AvgIpc) is 3.36. The number of likely N-dealkylation sites (tertiary alicyclic amines) is 1. The van der Waals surface area contributed by atoms with Crippen LogP contribution in [-0.4, -0.2) is 47.0 Å². The molecule has 5 atom stereocenters. The molecule has 0 unspecified atom stereocenters. The standard InChI is InChI=1S/C25H27N3O5/c1-12-9-13(2)20-16(10-12)25(24(32)26-20)19-18(21(27-25)14(3)29)22(30)28(23(19)31)11-15-7-5-6-8-17(15)33-4/h5-10,14,18-19,21,27,29H,11H2,1-4H3,(H,26,32)/t14-,18+,19-,21-,25+/m1/s1. The molecule has 3 heterocycles. The molecule has 0 radical (unpaired) electrons. The van der Waals surface area contributed by atoms with Crippen molar-refractivity contribution in [1.82, 2.24) is 10.2 Å². The van der Waals surface area contributed by atoms with E-state index in [-0.39, 0.29) is 12.5 Å². The van der Waals surface area contributed by atoms with Crippen LogP contribution in [0, 0.1) is 25.7 Å². The van der Waals surface area contributed by atoms with E-state index < -0.39 is 41.3 Å². The number of ether oxygens (including phenoxy) is 1. The third-order valence-electron chi connectivity index (χ3n) is 7.23. The van der Waals surface area contributed by atoms with Crippen molar-refractivity contribution in [1.29, 1.82) is 0 Å². The molecule has 0 aromatic heterocycles. The van der Waals surface area contributed by atoms with Crippen LogP contribution >= 0.6 is 0 Å². The van der Waals surface area contributed by atoms with E-state index in [1.165, 1.54) is 12.0 Å². The van der Waals surface area contributed by atoms with E-state index in [2.05, 4.69) is 10.6 Å². The van der Waals surface area contributed by atoms with Crippen molar-refractivity contribution < 1.29 is 24.2 Å². The van der Waals surface area contributed by atoms with Crippen LogP contribution in [0.3, 0.4) is 0 Å². The summed E-state index contributed by atoms with van der Waals surface area (Å²) in [6.07, 6.45) is -0.942. The molecule has 2 fully saturated rings. The Balaban J connectivity index is 1.63. The fraction of sp³-hybridized carbons (Fsp3) is 0.400. The summed E-state index contributed by atoms with van der Waals surface area (Å²) in [6.45, 7) is 5.44. The van der Waals surface area contributed by atoms with Crippen molar-refractivity contribution >= 4 is 23.4 Å². The van der Waals surface area contributed by atoms with E-state index in [4.69, 9.17) is 4.74 Å². The van der Waals surface area contributed by atoms with E-state index in [1.807, 2.05) is 38.1 Å². The van der Waals surface area contributed by atoms with Gasteiger partial charge < -0.3 is 15.2 Å². The van der Waals surface area contributed by atoms with Gasteiger partial charge >= 0.3 is 0 Å². The van der Waals surface area contributed by atoms with E-state index >= 15 is 0 Å².